The fourth-order valence-electron chi connectivity index (χ4n) is 2.30. The van der Waals surface area contributed by atoms with Crippen molar-refractivity contribution in [1.82, 2.24) is 4.98 Å². The van der Waals surface area contributed by atoms with Crippen LogP contribution in [0.15, 0.2) is 12.1 Å². The zero-order valence-corrected chi connectivity index (χ0v) is 13.5. The van der Waals surface area contributed by atoms with Crippen LogP contribution in [0.3, 0.4) is 0 Å². The van der Waals surface area contributed by atoms with Crippen molar-refractivity contribution in [2.45, 2.75) is 19.3 Å². The van der Waals surface area contributed by atoms with E-state index in [0.717, 1.165) is 19.3 Å². The summed E-state index contributed by atoms with van der Waals surface area (Å²) in [5.41, 5.74) is 0.567. The summed E-state index contributed by atoms with van der Waals surface area (Å²) in [4.78, 5) is 28.4. The average Bonchev–Trinajstić information content (AvgIpc) is 2.83. The molecule has 1 aliphatic carbocycles. The van der Waals surface area contributed by atoms with Crippen LogP contribution in [0.1, 0.15) is 29.6 Å². The molecule has 1 aromatic heterocycles. The predicted octanol–water partition coefficient (Wildman–Crippen LogP) is 3.48. The van der Waals surface area contributed by atoms with Gasteiger partial charge in [-0.1, -0.05) is 18.0 Å². The Morgan fingerprint density at radius 2 is 2.18 bits per heavy atom. The van der Waals surface area contributed by atoms with Crippen molar-refractivity contribution in [3.63, 3.8) is 0 Å². The van der Waals surface area contributed by atoms with Crippen molar-refractivity contribution in [1.29, 1.82) is 0 Å². The topological polar surface area (TPSA) is 65.5 Å². The number of aromatic nitrogens is 1. The number of Topliss-reactive ketones (excluding diaryl/α,β-unsaturated/α-hetero) is 1. The summed E-state index contributed by atoms with van der Waals surface area (Å²) in [6, 6.07) is 3.22. The molecule has 0 radical (unpaired) electrons. The molecule has 1 aliphatic rings. The Kier molecular flexibility index (Phi) is 4.31. The highest BCUT2D eigenvalue weighted by atomic mass is 35.5. The zero-order valence-electron chi connectivity index (χ0n) is 11.9. The number of thiazole rings is 1. The smallest absolute Gasteiger partial charge is 0.379 e. The van der Waals surface area contributed by atoms with Crippen molar-refractivity contribution < 1.29 is 19.1 Å². The minimum absolute atomic E-state index is 0.163. The first-order valence-electron chi connectivity index (χ1n) is 6.94. The van der Waals surface area contributed by atoms with Gasteiger partial charge in [0.05, 0.1) is 29.5 Å². The van der Waals surface area contributed by atoms with Crippen LogP contribution in [-0.4, -0.2) is 30.5 Å². The monoisotopic (exact) mass is 339 g/mol. The maximum atomic E-state index is 12.3. The van der Waals surface area contributed by atoms with Crippen LogP contribution < -0.4 is 4.74 Å². The number of fused-ring (bicyclic) bond motifs is 1. The number of ketones is 1. The van der Waals surface area contributed by atoms with E-state index in [4.69, 9.17) is 21.1 Å². The lowest BCUT2D eigenvalue weighted by molar-refractivity contribution is -0.140. The number of halogens is 1. The predicted molar refractivity (Wildman–Crippen MR) is 83.8 cm³/mol. The molecular formula is C15H14ClNO4S. The number of esters is 1. The van der Waals surface area contributed by atoms with E-state index in [9.17, 15) is 9.59 Å². The van der Waals surface area contributed by atoms with Crippen molar-refractivity contribution in [3.05, 3.63) is 22.2 Å². The number of carbonyl (C=O) groups is 2. The van der Waals surface area contributed by atoms with Gasteiger partial charge >= 0.3 is 5.97 Å². The Hall–Kier alpha value is -1.66. The maximum Gasteiger partial charge on any atom is 0.379 e. The maximum absolute atomic E-state index is 12.3. The third-order valence-electron chi connectivity index (χ3n) is 3.78. The van der Waals surface area contributed by atoms with Gasteiger partial charge in [0.2, 0.25) is 0 Å². The van der Waals surface area contributed by atoms with Gasteiger partial charge < -0.3 is 9.47 Å². The molecule has 0 saturated heterocycles. The summed E-state index contributed by atoms with van der Waals surface area (Å²) >= 11 is 7.13. The van der Waals surface area contributed by atoms with E-state index in [1.165, 1.54) is 24.5 Å². The lowest BCUT2D eigenvalue weighted by Gasteiger charge is -2.24. The molecule has 0 atom stereocenters. The summed E-state index contributed by atoms with van der Waals surface area (Å²) in [5.74, 6) is -0.713. The summed E-state index contributed by atoms with van der Waals surface area (Å²) in [7, 11) is 1.49. The lowest BCUT2D eigenvalue weighted by atomic mass is 9.86. The lowest BCUT2D eigenvalue weighted by Crippen LogP contribution is -2.24. The molecule has 2 aromatic rings. The van der Waals surface area contributed by atoms with Crippen molar-refractivity contribution in [2.24, 2.45) is 5.92 Å². The summed E-state index contributed by atoms with van der Waals surface area (Å²) in [6.07, 6.45) is 3.25. The highest BCUT2D eigenvalue weighted by Gasteiger charge is 2.26. The molecule has 0 amide bonds. The number of ether oxygens (including phenoxy) is 2. The molecule has 0 unspecified atom stereocenters. The summed E-state index contributed by atoms with van der Waals surface area (Å²) in [5, 5.41) is 0. The van der Waals surface area contributed by atoms with Crippen molar-refractivity contribution in [2.75, 3.05) is 13.7 Å². The summed E-state index contributed by atoms with van der Waals surface area (Å²) in [6.45, 7) is 0.301. The largest absolute Gasteiger partial charge is 0.497 e. The van der Waals surface area contributed by atoms with Gasteiger partial charge in [0.25, 0.3) is 5.78 Å². The Bertz CT molecular complexity index is 738. The second kappa shape index (κ2) is 6.22. The normalized spacial score (nSPS) is 14.6. The fraction of sp³-hybridized carbons (Fsp3) is 0.400. The highest BCUT2D eigenvalue weighted by molar-refractivity contribution is 7.22. The Morgan fingerprint density at radius 1 is 1.41 bits per heavy atom. The van der Waals surface area contributed by atoms with E-state index in [-0.39, 0.29) is 5.56 Å². The number of hydrogen-bond donors (Lipinski definition) is 0. The summed E-state index contributed by atoms with van der Waals surface area (Å²) < 4.78 is 11.3. The first kappa shape index (κ1) is 15.2. The van der Waals surface area contributed by atoms with Gasteiger partial charge in [-0.2, -0.15) is 0 Å². The Morgan fingerprint density at radius 3 is 2.82 bits per heavy atom. The first-order valence-corrected chi connectivity index (χ1v) is 8.13. The molecule has 1 aromatic carbocycles. The Balaban J connectivity index is 1.86. The molecule has 0 N–H and O–H groups in total. The highest BCUT2D eigenvalue weighted by Crippen LogP contribution is 2.32. The number of rotatable bonds is 5. The SMILES string of the molecule is COc1cc(C(=O)C(=O)OCC2CCC2)c2nc(Cl)sc2c1. The minimum atomic E-state index is -0.856. The number of carbonyl (C=O) groups excluding carboxylic acids is 2. The molecule has 116 valence electrons. The zero-order chi connectivity index (χ0) is 15.7. The molecule has 1 fully saturated rings. The van der Waals surface area contributed by atoms with Gasteiger partial charge in [0, 0.05) is 0 Å². The molecule has 0 spiro atoms. The van der Waals surface area contributed by atoms with Gasteiger partial charge in [0.1, 0.15) is 5.75 Å². The van der Waals surface area contributed by atoms with Gasteiger partial charge in [-0.05, 0) is 30.9 Å². The van der Waals surface area contributed by atoms with E-state index in [1.807, 2.05) is 0 Å². The van der Waals surface area contributed by atoms with Gasteiger partial charge in [-0.15, -0.1) is 11.3 Å². The third kappa shape index (κ3) is 2.94. The number of nitrogens with zero attached hydrogens (tertiary/aromatic N) is 1. The average molecular weight is 340 g/mol. The molecule has 7 heteroatoms. The van der Waals surface area contributed by atoms with E-state index in [0.29, 0.717) is 33.0 Å². The molecular weight excluding hydrogens is 326 g/mol. The van der Waals surface area contributed by atoms with Crippen molar-refractivity contribution in [3.8, 4) is 5.75 Å². The molecule has 3 rings (SSSR count). The van der Waals surface area contributed by atoms with E-state index in [1.54, 1.807) is 6.07 Å². The number of benzene rings is 1. The standard InChI is InChI=1S/C15H14ClNO4S/c1-20-9-5-10(12-11(6-9)22-15(16)17-12)13(18)14(19)21-7-8-3-2-4-8/h5-6,8H,2-4,7H2,1H3. The van der Waals surface area contributed by atoms with E-state index in [2.05, 4.69) is 4.98 Å². The molecule has 1 heterocycles. The van der Waals surface area contributed by atoms with Crippen LogP contribution in [0.4, 0.5) is 0 Å². The quantitative estimate of drug-likeness (QED) is 0.474. The van der Waals surface area contributed by atoms with Gasteiger partial charge in [0.15, 0.2) is 4.47 Å². The third-order valence-corrected chi connectivity index (χ3v) is 4.89. The number of hydrogen-bond acceptors (Lipinski definition) is 6. The Labute approximate surface area is 136 Å². The van der Waals surface area contributed by atoms with Crippen LogP contribution >= 0.6 is 22.9 Å². The molecule has 22 heavy (non-hydrogen) atoms. The first-order chi connectivity index (χ1) is 10.6. The van der Waals surface area contributed by atoms with Crippen molar-refractivity contribution >= 4 is 44.9 Å². The molecule has 0 aliphatic heterocycles. The fourth-order valence-corrected chi connectivity index (χ4v) is 3.38. The van der Waals surface area contributed by atoms with Crippen LogP contribution in [0.25, 0.3) is 10.2 Å². The van der Waals surface area contributed by atoms with Crippen LogP contribution in [-0.2, 0) is 9.53 Å². The molecule has 1 saturated carbocycles. The van der Waals surface area contributed by atoms with Crippen LogP contribution in [0.2, 0.25) is 4.47 Å². The van der Waals surface area contributed by atoms with Gasteiger partial charge in [-0.3, -0.25) is 4.79 Å². The second-order valence-corrected chi connectivity index (χ2v) is 6.83. The minimum Gasteiger partial charge on any atom is -0.497 e. The van der Waals surface area contributed by atoms with Crippen LogP contribution in [0.5, 0.6) is 5.75 Å². The van der Waals surface area contributed by atoms with Crippen LogP contribution in [0, 0.1) is 5.92 Å². The van der Waals surface area contributed by atoms with Gasteiger partial charge in [-0.25, -0.2) is 9.78 Å². The second-order valence-electron chi connectivity index (χ2n) is 5.21. The number of methoxy groups -OCH3 is 1. The molecule has 5 nitrogen and oxygen atoms in total. The molecule has 0 bridgehead atoms. The van der Waals surface area contributed by atoms with E-state index < -0.39 is 11.8 Å². The van der Waals surface area contributed by atoms with E-state index >= 15 is 0 Å².